The van der Waals surface area contributed by atoms with Crippen molar-refractivity contribution in [1.82, 2.24) is 20.4 Å². The molecule has 2 N–H and O–H groups in total. The molecule has 0 aromatic heterocycles. The number of urea groups is 1. The molecule has 34 heavy (non-hydrogen) atoms. The van der Waals surface area contributed by atoms with Crippen LogP contribution in [-0.2, 0) is 6.18 Å². The molecule has 0 spiro atoms. The highest BCUT2D eigenvalue weighted by Crippen LogP contribution is 2.30. The van der Waals surface area contributed by atoms with Gasteiger partial charge in [0.1, 0.15) is 5.82 Å². The van der Waals surface area contributed by atoms with Crippen molar-refractivity contribution in [1.29, 1.82) is 0 Å². The fraction of sp³-hybridized carbons (Fsp3) is 0.667. The molecule has 10 heteroatoms. The predicted molar refractivity (Wildman–Crippen MR) is 121 cm³/mol. The zero-order valence-corrected chi connectivity index (χ0v) is 20.0. The first-order valence-electron chi connectivity index (χ1n) is 11.8. The molecule has 1 aromatic rings. The minimum atomic E-state index is -4.72. The van der Waals surface area contributed by atoms with E-state index < -0.39 is 23.5 Å². The van der Waals surface area contributed by atoms with Crippen LogP contribution in [-0.4, -0.2) is 66.0 Å². The quantitative estimate of drug-likeness (QED) is 0.612. The van der Waals surface area contributed by atoms with Gasteiger partial charge in [0.05, 0.1) is 5.56 Å². The Kier molecular flexibility index (Phi) is 8.10. The fourth-order valence-electron chi connectivity index (χ4n) is 4.58. The van der Waals surface area contributed by atoms with E-state index in [1.165, 1.54) is 0 Å². The molecule has 0 bridgehead atoms. The molecule has 0 aliphatic carbocycles. The van der Waals surface area contributed by atoms with Crippen LogP contribution >= 0.6 is 0 Å². The van der Waals surface area contributed by atoms with Crippen LogP contribution in [0.4, 0.5) is 22.4 Å². The second kappa shape index (κ2) is 10.5. The van der Waals surface area contributed by atoms with Gasteiger partial charge in [0.15, 0.2) is 0 Å². The number of likely N-dealkylation sites (tertiary alicyclic amines) is 2. The summed E-state index contributed by atoms with van der Waals surface area (Å²) >= 11 is 0. The Balaban J connectivity index is 1.45. The Morgan fingerprint density at radius 3 is 2.32 bits per heavy atom. The van der Waals surface area contributed by atoms with Crippen molar-refractivity contribution in [2.75, 3.05) is 32.7 Å². The highest BCUT2D eigenvalue weighted by atomic mass is 19.4. The number of nitrogens with one attached hydrogen (secondary N) is 2. The van der Waals surface area contributed by atoms with E-state index in [9.17, 15) is 27.2 Å². The van der Waals surface area contributed by atoms with E-state index in [0.717, 1.165) is 57.9 Å². The number of hydrogen-bond acceptors (Lipinski definition) is 3. The second-order valence-electron chi connectivity index (χ2n) is 10.3. The summed E-state index contributed by atoms with van der Waals surface area (Å²) in [5.74, 6) is -1.61. The number of hydrogen-bond donors (Lipinski definition) is 2. The Morgan fingerprint density at radius 1 is 1.03 bits per heavy atom. The van der Waals surface area contributed by atoms with Gasteiger partial charge in [0.2, 0.25) is 0 Å². The first kappa shape index (κ1) is 26.2. The largest absolute Gasteiger partial charge is 0.416 e. The number of amides is 3. The van der Waals surface area contributed by atoms with Gasteiger partial charge >= 0.3 is 12.2 Å². The monoisotopic (exact) mass is 486 g/mol. The van der Waals surface area contributed by atoms with Crippen LogP contribution in [0.15, 0.2) is 18.2 Å². The van der Waals surface area contributed by atoms with E-state index in [1.807, 2.05) is 25.7 Å². The summed E-state index contributed by atoms with van der Waals surface area (Å²) in [4.78, 5) is 29.2. The summed E-state index contributed by atoms with van der Waals surface area (Å²) in [6.45, 7) is 9.42. The van der Waals surface area contributed by atoms with Gasteiger partial charge in [-0.25, -0.2) is 9.18 Å². The Labute approximate surface area is 198 Å². The summed E-state index contributed by atoms with van der Waals surface area (Å²) in [6, 6.07) is 2.01. The maximum absolute atomic E-state index is 13.6. The number of alkyl halides is 3. The number of benzene rings is 1. The van der Waals surface area contributed by atoms with Crippen LogP contribution in [0.1, 0.15) is 62.4 Å². The minimum Gasteiger partial charge on any atom is -0.352 e. The third kappa shape index (κ3) is 7.32. The van der Waals surface area contributed by atoms with Gasteiger partial charge in [-0.15, -0.1) is 0 Å². The topological polar surface area (TPSA) is 64.7 Å². The number of nitrogens with zero attached hydrogens (tertiary/aromatic N) is 2. The van der Waals surface area contributed by atoms with Gasteiger partial charge in [-0.2, -0.15) is 13.2 Å². The Morgan fingerprint density at radius 2 is 1.71 bits per heavy atom. The van der Waals surface area contributed by atoms with E-state index in [-0.39, 0.29) is 29.1 Å². The summed E-state index contributed by atoms with van der Waals surface area (Å²) in [6.07, 6.45) is -1.09. The van der Waals surface area contributed by atoms with E-state index in [0.29, 0.717) is 18.7 Å². The lowest BCUT2D eigenvalue weighted by atomic mass is 9.96. The van der Waals surface area contributed by atoms with Gasteiger partial charge in [-0.05, 0) is 83.7 Å². The van der Waals surface area contributed by atoms with Crippen molar-refractivity contribution in [3.8, 4) is 0 Å². The molecule has 1 unspecified atom stereocenters. The molecule has 0 radical (unpaired) electrons. The lowest BCUT2D eigenvalue weighted by Crippen LogP contribution is -2.53. The van der Waals surface area contributed by atoms with E-state index >= 15 is 0 Å². The van der Waals surface area contributed by atoms with Gasteiger partial charge < -0.3 is 20.4 Å². The van der Waals surface area contributed by atoms with Crippen molar-refractivity contribution >= 4 is 11.9 Å². The maximum Gasteiger partial charge on any atom is 0.416 e. The molecule has 3 amide bonds. The molecule has 2 heterocycles. The third-order valence-corrected chi connectivity index (χ3v) is 6.33. The normalized spacial score (nSPS) is 20.4. The molecular weight excluding hydrogens is 452 g/mol. The number of carbonyl (C=O) groups is 2. The molecular formula is C24H34F4N4O2. The first-order chi connectivity index (χ1) is 15.8. The Bertz CT molecular complexity index is 877. The highest BCUT2D eigenvalue weighted by Gasteiger charge is 2.33. The second-order valence-corrected chi connectivity index (χ2v) is 10.3. The lowest BCUT2D eigenvalue weighted by Gasteiger charge is -2.36. The van der Waals surface area contributed by atoms with Crippen molar-refractivity contribution in [3.63, 3.8) is 0 Å². The molecule has 2 fully saturated rings. The average molecular weight is 487 g/mol. The van der Waals surface area contributed by atoms with Crippen LogP contribution in [0.3, 0.4) is 0 Å². The van der Waals surface area contributed by atoms with Gasteiger partial charge in [-0.3, -0.25) is 4.79 Å². The summed E-state index contributed by atoms with van der Waals surface area (Å²) in [5, 5.41) is 5.69. The molecule has 2 saturated heterocycles. The first-order valence-corrected chi connectivity index (χ1v) is 11.8. The highest BCUT2D eigenvalue weighted by molar-refractivity contribution is 5.94. The average Bonchev–Trinajstić information content (AvgIpc) is 3.19. The minimum absolute atomic E-state index is 0.0290. The molecule has 1 atom stereocenters. The van der Waals surface area contributed by atoms with Crippen LogP contribution in [0.5, 0.6) is 0 Å². The molecule has 6 nitrogen and oxygen atoms in total. The molecule has 2 aliphatic rings. The lowest BCUT2D eigenvalue weighted by molar-refractivity contribution is -0.137. The van der Waals surface area contributed by atoms with Gasteiger partial charge in [-0.1, -0.05) is 0 Å². The summed E-state index contributed by atoms with van der Waals surface area (Å²) in [7, 11) is 0. The Hall–Kier alpha value is -2.36. The zero-order chi connectivity index (χ0) is 25.1. The van der Waals surface area contributed by atoms with E-state index in [4.69, 9.17) is 0 Å². The number of carbonyl (C=O) groups excluding carboxylic acids is 2. The molecule has 2 aliphatic heterocycles. The van der Waals surface area contributed by atoms with Crippen LogP contribution in [0, 0.1) is 11.7 Å². The number of piperidine rings is 1. The van der Waals surface area contributed by atoms with Crippen LogP contribution in [0.2, 0.25) is 0 Å². The zero-order valence-electron chi connectivity index (χ0n) is 20.0. The number of rotatable bonds is 5. The van der Waals surface area contributed by atoms with Crippen molar-refractivity contribution in [2.24, 2.45) is 5.92 Å². The van der Waals surface area contributed by atoms with Crippen molar-refractivity contribution < 1.29 is 27.2 Å². The molecule has 3 rings (SSSR count). The van der Waals surface area contributed by atoms with Crippen LogP contribution in [0.25, 0.3) is 0 Å². The smallest absolute Gasteiger partial charge is 0.352 e. The summed E-state index contributed by atoms with van der Waals surface area (Å²) in [5.41, 5.74) is -1.80. The molecule has 190 valence electrons. The number of halogens is 4. The standard InChI is InChI=1S/C24H34F4N4O2/c1-23(2,3)30-22(34)32-8-4-5-20(32)15-31-9-6-16(7-10-31)14-29-21(33)17-11-18(24(26,27)28)13-19(25)12-17/h11-13,16,20H,4-10,14-15H2,1-3H3,(H,29,33)(H,30,34). The fourth-order valence-corrected chi connectivity index (χ4v) is 4.58. The van der Waals surface area contributed by atoms with E-state index in [1.54, 1.807) is 0 Å². The van der Waals surface area contributed by atoms with Crippen LogP contribution < -0.4 is 10.6 Å². The van der Waals surface area contributed by atoms with Gasteiger partial charge in [0.25, 0.3) is 5.91 Å². The van der Waals surface area contributed by atoms with Gasteiger partial charge in [0, 0.05) is 36.8 Å². The van der Waals surface area contributed by atoms with E-state index in [2.05, 4.69) is 15.5 Å². The summed E-state index contributed by atoms with van der Waals surface area (Å²) < 4.78 is 52.2. The molecule has 1 aromatic carbocycles. The maximum atomic E-state index is 13.6. The SMILES string of the molecule is CC(C)(C)NC(=O)N1CCCC1CN1CCC(CNC(=O)c2cc(F)cc(C(F)(F)F)c2)CC1. The third-order valence-electron chi connectivity index (χ3n) is 6.33. The predicted octanol–water partition coefficient (Wildman–Crippen LogP) is 4.26. The van der Waals surface area contributed by atoms with Crippen molar-refractivity contribution in [3.05, 3.63) is 35.1 Å². The van der Waals surface area contributed by atoms with Crippen molar-refractivity contribution in [2.45, 2.75) is 64.2 Å². The molecule has 0 saturated carbocycles.